The Kier molecular flexibility index (Phi) is 14.1. The topological polar surface area (TPSA) is 49.6 Å². The molecular weight excluding hydrogens is 297 g/mol. The van der Waals surface area contributed by atoms with E-state index in [0.29, 0.717) is 6.42 Å². The van der Waals surface area contributed by atoms with Gasteiger partial charge >= 0.3 is 0 Å². The molecule has 0 saturated carbocycles. The van der Waals surface area contributed by atoms with E-state index in [0.717, 1.165) is 45.6 Å². The molecule has 4 nitrogen and oxygen atoms in total. The lowest BCUT2D eigenvalue weighted by Gasteiger charge is -2.21. The lowest BCUT2D eigenvalue weighted by Crippen LogP contribution is -2.33. The van der Waals surface area contributed by atoms with Gasteiger partial charge in [-0.15, -0.1) is 24.8 Å². The summed E-state index contributed by atoms with van der Waals surface area (Å²) in [5, 5.41) is 0. The SMILES string of the molecule is CCCN(CCC)CCCC(=O)N1CC[C@@H](N)C1.Cl.Cl. The first kappa shape index (κ1) is 22.3. The molecule has 0 spiro atoms. The van der Waals surface area contributed by atoms with Gasteiger partial charge in [-0.25, -0.2) is 0 Å². The van der Waals surface area contributed by atoms with Crippen LogP contribution in [0.2, 0.25) is 0 Å². The van der Waals surface area contributed by atoms with Gasteiger partial charge in [-0.05, 0) is 45.3 Å². The molecule has 1 aliphatic rings. The predicted molar refractivity (Wildman–Crippen MR) is 89.9 cm³/mol. The van der Waals surface area contributed by atoms with Gasteiger partial charge < -0.3 is 15.5 Å². The van der Waals surface area contributed by atoms with Crippen molar-refractivity contribution >= 4 is 30.7 Å². The van der Waals surface area contributed by atoms with Crippen LogP contribution in [0.1, 0.15) is 46.0 Å². The van der Waals surface area contributed by atoms with Crippen LogP contribution >= 0.6 is 24.8 Å². The van der Waals surface area contributed by atoms with E-state index in [2.05, 4.69) is 18.7 Å². The summed E-state index contributed by atoms with van der Waals surface area (Å²) in [5.41, 5.74) is 5.82. The van der Waals surface area contributed by atoms with E-state index in [1.807, 2.05) is 4.90 Å². The van der Waals surface area contributed by atoms with Gasteiger partial charge in [0.05, 0.1) is 0 Å². The molecule has 0 radical (unpaired) electrons. The first-order valence-electron chi connectivity index (χ1n) is 7.43. The van der Waals surface area contributed by atoms with Gasteiger partial charge in [0.15, 0.2) is 0 Å². The minimum Gasteiger partial charge on any atom is -0.341 e. The average Bonchev–Trinajstić information content (AvgIpc) is 2.76. The normalized spacial score (nSPS) is 17.8. The number of hydrogen-bond acceptors (Lipinski definition) is 3. The number of nitrogens with two attached hydrogens (primary N) is 1. The Balaban J connectivity index is 0. The fourth-order valence-electron chi connectivity index (χ4n) is 2.59. The van der Waals surface area contributed by atoms with Crippen molar-refractivity contribution in [3.63, 3.8) is 0 Å². The predicted octanol–water partition coefficient (Wildman–Crippen LogP) is 2.29. The van der Waals surface area contributed by atoms with E-state index >= 15 is 0 Å². The summed E-state index contributed by atoms with van der Waals surface area (Å²) >= 11 is 0. The maximum atomic E-state index is 11.9. The maximum absolute atomic E-state index is 11.9. The molecule has 6 heteroatoms. The van der Waals surface area contributed by atoms with E-state index in [9.17, 15) is 4.79 Å². The van der Waals surface area contributed by atoms with Crippen LogP contribution in [0.25, 0.3) is 0 Å². The van der Waals surface area contributed by atoms with Crippen molar-refractivity contribution in [2.45, 2.75) is 52.0 Å². The fourth-order valence-corrected chi connectivity index (χ4v) is 2.59. The van der Waals surface area contributed by atoms with E-state index in [-0.39, 0.29) is 36.8 Å². The van der Waals surface area contributed by atoms with Gasteiger partial charge in [-0.3, -0.25) is 4.79 Å². The zero-order valence-electron chi connectivity index (χ0n) is 12.8. The number of halogens is 2. The van der Waals surface area contributed by atoms with Crippen LogP contribution in [-0.4, -0.2) is 54.5 Å². The molecule has 1 aliphatic heterocycles. The second kappa shape index (κ2) is 12.7. The molecule has 20 heavy (non-hydrogen) atoms. The van der Waals surface area contributed by atoms with E-state index in [1.54, 1.807) is 0 Å². The third-order valence-electron chi connectivity index (χ3n) is 3.52. The van der Waals surface area contributed by atoms with Crippen molar-refractivity contribution in [1.29, 1.82) is 0 Å². The average molecular weight is 328 g/mol. The Bertz CT molecular complexity index is 249. The van der Waals surface area contributed by atoms with Gasteiger partial charge in [0.1, 0.15) is 0 Å². The highest BCUT2D eigenvalue weighted by atomic mass is 35.5. The van der Waals surface area contributed by atoms with Crippen LogP contribution in [0.3, 0.4) is 0 Å². The minimum absolute atomic E-state index is 0. The number of carbonyl (C=O) groups is 1. The summed E-state index contributed by atoms with van der Waals surface area (Å²) in [6.07, 6.45) is 4.99. The number of amides is 1. The number of likely N-dealkylation sites (tertiary alicyclic amines) is 1. The van der Waals surface area contributed by atoms with Gasteiger partial charge in [0.2, 0.25) is 5.91 Å². The van der Waals surface area contributed by atoms with E-state index in [4.69, 9.17) is 5.73 Å². The Morgan fingerprint density at radius 1 is 1.20 bits per heavy atom. The van der Waals surface area contributed by atoms with E-state index in [1.165, 1.54) is 12.8 Å². The molecule has 0 aromatic heterocycles. The molecule has 0 unspecified atom stereocenters. The third-order valence-corrected chi connectivity index (χ3v) is 3.52. The molecule has 1 fully saturated rings. The molecule has 1 rings (SSSR count). The highest BCUT2D eigenvalue weighted by Gasteiger charge is 2.22. The van der Waals surface area contributed by atoms with Gasteiger partial charge in [0.25, 0.3) is 0 Å². The number of hydrogen-bond donors (Lipinski definition) is 1. The van der Waals surface area contributed by atoms with Gasteiger partial charge in [-0.1, -0.05) is 13.8 Å². The first-order chi connectivity index (χ1) is 8.67. The molecule has 1 amide bonds. The zero-order chi connectivity index (χ0) is 13.4. The summed E-state index contributed by atoms with van der Waals surface area (Å²) in [4.78, 5) is 16.3. The van der Waals surface area contributed by atoms with Crippen molar-refractivity contribution < 1.29 is 4.79 Å². The van der Waals surface area contributed by atoms with Crippen molar-refractivity contribution in [1.82, 2.24) is 9.80 Å². The molecule has 2 N–H and O–H groups in total. The van der Waals surface area contributed by atoms with Crippen LogP contribution < -0.4 is 5.73 Å². The molecular formula is C14H31Cl2N3O. The standard InChI is InChI=1S/C14H29N3O.2ClH/c1-3-8-16(9-4-2)10-5-6-14(18)17-11-7-13(15)12-17;;/h13H,3-12,15H2,1-2H3;2*1H/t13-;;/m1../s1. The van der Waals surface area contributed by atoms with Crippen molar-refractivity contribution in [2.75, 3.05) is 32.7 Å². The molecule has 1 atom stereocenters. The molecule has 122 valence electrons. The molecule has 0 bridgehead atoms. The summed E-state index contributed by atoms with van der Waals surface area (Å²) < 4.78 is 0. The zero-order valence-corrected chi connectivity index (χ0v) is 14.5. The molecule has 1 heterocycles. The maximum Gasteiger partial charge on any atom is 0.222 e. The van der Waals surface area contributed by atoms with Crippen molar-refractivity contribution in [3.8, 4) is 0 Å². The number of rotatable bonds is 8. The van der Waals surface area contributed by atoms with Crippen LogP contribution in [0.4, 0.5) is 0 Å². The Morgan fingerprint density at radius 3 is 2.25 bits per heavy atom. The smallest absolute Gasteiger partial charge is 0.222 e. The summed E-state index contributed by atoms with van der Waals surface area (Å²) in [7, 11) is 0. The quantitative estimate of drug-likeness (QED) is 0.744. The van der Waals surface area contributed by atoms with Crippen LogP contribution in [0.5, 0.6) is 0 Å². The van der Waals surface area contributed by atoms with Gasteiger partial charge in [0, 0.05) is 25.6 Å². The number of nitrogens with zero attached hydrogens (tertiary/aromatic N) is 2. The third kappa shape index (κ3) is 8.30. The summed E-state index contributed by atoms with van der Waals surface area (Å²) in [6.45, 7) is 9.37. The molecule has 0 aliphatic carbocycles. The number of carbonyl (C=O) groups excluding carboxylic acids is 1. The lowest BCUT2D eigenvalue weighted by atomic mass is 10.2. The molecule has 0 aromatic carbocycles. The van der Waals surface area contributed by atoms with Gasteiger partial charge in [-0.2, -0.15) is 0 Å². The summed E-state index contributed by atoms with van der Waals surface area (Å²) in [6, 6.07) is 0.200. The van der Waals surface area contributed by atoms with Crippen LogP contribution in [0, 0.1) is 0 Å². The molecule has 0 aromatic rings. The highest BCUT2D eigenvalue weighted by molar-refractivity contribution is 5.85. The Morgan fingerprint density at radius 2 is 1.80 bits per heavy atom. The van der Waals surface area contributed by atoms with Crippen LogP contribution in [0.15, 0.2) is 0 Å². The van der Waals surface area contributed by atoms with E-state index < -0.39 is 0 Å². The second-order valence-corrected chi connectivity index (χ2v) is 5.33. The fraction of sp³-hybridized carbons (Fsp3) is 0.929. The lowest BCUT2D eigenvalue weighted by molar-refractivity contribution is -0.130. The first-order valence-corrected chi connectivity index (χ1v) is 7.43. The monoisotopic (exact) mass is 327 g/mol. The highest BCUT2D eigenvalue weighted by Crippen LogP contribution is 2.10. The van der Waals surface area contributed by atoms with Crippen LogP contribution in [-0.2, 0) is 4.79 Å². The largest absolute Gasteiger partial charge is 0.341 e. The Labute approximate surface area is 136 Å². The van der Waals surface area contributed by atoms with Crippen molar-refractivity contribution in [2.24, 2.45) is 5.73 Å². The second-order valence-electron chi connectivity index (χ2n) is 5.33. The summed E-state index contributed by atoms with van der Waals surface area (Å²) in [5.74, 6) is 0.288. The minimum atomic E-state index is 0. The Hall–Kier alpha value is -0.0300. The molecule has 1 saturated heterocycles. The van der Waals surface area contributed by atoms with Crippen molar-refractivity contribution in [3.05, 3.63) is 0 Å².